The first-order chi connectivity index (χ1) is 16.6. The standard InChI is InChI=1S/C30H37NO3/c32-29(34-20-28-26-12-6-4-10-24(26)25-11-5-7-13-27(25)28)31-22-14-15-23(31)19-30(33,18-22)17-16-21-8-2-1-3-9-21/h4-7,10-13,21-23,28,33H,1-3,8-9,14-20H2. The van der Waals surface area contributed by atoms with Gasteiger partial charge in [0.2, 0.25) is 0 Å². The molecule has 2 atom stereocenters. The summed E-state index contributed by atoms with van der Waals surface area (Å²) >= 11 is 0. The molecule has 2 saturated heterocycles. The molecule has 34 heavy (non-hydrogen) atoms. The Labute approximate surface area is 203 Å². The molecule has 6 rings (SSSR count). The van der Waals surface area contributed by atoms with Crippen LogP contribution < -0.4 is 0 Å². The van der Waals surface area contributed by atoms with Gasteiger partial charge in [0.05, 0.1) is 5.60 Å². The molecule has 2 aliphatic heterocycles. The highest BCUT2D eigenvalue weighted by molar-refractivity contribution is 5.79. The van der Waals surface area contributed by atoms with Crippen LogP contribution in [0.15, 0.2) is 48.5 Å². The fourth-order valence-corrected chi connectivity index (χ4v) is 7.44. The van der Waals surface area contributed by atoms with Crippen LogP contribution in [-0.4, -0.2) is 40.4 Å². The van der Waals surface area contributed by atoms with Crippen molar-refractivity contribution in [2.45, 2.75) is 94.2 Å². The average Bonchev–Trinajstić information content (AvgIpc) is 3.34. The number of amides is 1. The van der Waals surface area contributed by atoms with E-state index in [4.69, 9.17) is 4.74 Å². The van der Waals surface area contributed by atoms with Gasteiger partial charge in [-0.05, 0) is 66.7 Å². The minimum Gasteiger partial charge on any atom is -0.448 e. The van der Waals surface area contributed by atoms with Gasteiger partial charge in [-0.25, -0.2) is 4.79 Å². The number of ether oxygens (including phenoxy) is 1. The van der Waals surface area contributed by atoms with E-state index in [1.165, 1.54) is 54.4 Å². The molecule has 0 radical (unpaired) electrons. The molecule has 2 heterocycles. The van der Waals surface area contributed by atoms with E-state index in [2.05, 4.69) is 48.5 Å². The number of aliphatic hydroxyl groups is 1. The lowest BCUT2D eigenvalue weighted by Gasteiger charge is -2.44. The van der Waals surface area contributed by atoms with Crippen molar-refractivity contribution >= 4 is 6.09 Å². The number of carbonyl (C=O) groups is 1. The van der Waals surface area contributed by atoms with E-state index in [1.54, 1.807) is 0 Å². The van der Waals surface area contributed by atoms with E-state index in [-0.39, 0.29) is 24.1 Å². The SMILES string of the molecule is O=C(OCC1c2ccccc2-c2ccccc21)N1C2CCC1CC(O)(CCC1CCCCC1)C2. The van der Waals surface area contributed by atoms with Gasteiger partial charge in [0.15, 0.2) is 0 Å². The Bertz CT molecular complexity index is 983. The lowest BCUT2D eigenvalue weighted by molar-refractivity contribution is -0.0573. The lowest BCUT2D eigenvalue weighted by Crippen LogP contribution is -2.53. The maximum absolute atomic E-state index is 13.3. The Morgan fingerprint density at radius 3 is 2.09 bits per heavy atom. The summed E-state index contributed by atoms with van der Waals surface area (Å²) in [6.45, 7) is 0.370. The molecule has 4 heteroatoms. The third-order valence-electron chi connectivity index (χ3n) is 9.14. The second-order valence-corrected chi connectivity index (χ2v) is 11.3. The van der Waals surface area contributed by atoms with E-state index in [9.17, 15) is 9.90 Å². The van der Waals surface area contributed by atoms with Crippen molar-refractivity contribution < 1.29 is 14.6 Å². The van der Waals surface area contributed by atoms with Gasteiger partial charge in [-0.3, -0.25) is 0 Å². The third-order valence-corrected chi connectivity index (χ3v) is 9.14. The van der Waals surface area contributed by atoms with Crippen molar-refractivity contribution in [3.63, 3.8) is 0 Å². The van der Waals surface area contributed by atoms with Crippen molar-refractivity contribution in [2.75, 3.05) is 6.61 Å². The molecule has 4 nitrogen and oxygen atoms in total. The predicted octanol–water partition coefficient (Wildman–Crippen LogP) is 6.65. The van der Waals surface area contributed by atoms with Crippen molar-refractivity contribution in [3.05, 3.63) is 59.7 Å². The molecule has 2 bridgehead atoms. The molecular weight excluding hydrogens is 422 g/mol. The van der Waals surface area contributed by atoms with Gasteiger partial charge in [-0.15, -0.1) is 0 Å². The first-order valence-corrected chi connectivity index (χ1v) is 13.5. The number of hydrogen-bond acceptors (Lipinski definition) is 3. The summed E-state index contributed by atoms with van der Waals surface area (Å²) in [7, 11) is 0. The van der Waals surface area contributed by atoms with Crippen molar-refractivity contribution in [1.29, 1.82) is 0 Å². The molecule has 0 aromatic heterocycles. The van der Waals surface area contributed by atoms with Gasteiger partial charge in [0.25, 0.3) is 0 Å². The molecule has 1 amide bonds. The molecule has 2 aliphatic carbocycles. The van der Waals surface area contributed by atoms with E-state index < -0.39 is 5.60 Å². The number of benzene rings is 2. The Kier molecular flexibility index (Phi) is 5.89. The highest BCUT2D eigenvalue weighted by atomic mass is 16.6. The van der Waals surface area contributed by atoms with Gasteiger partial charge in [-0.2, -0.15) is 0 Å². The molecule has 1 N–H and O–H groups in total. The number of rotatable bonds is 5. The van der Waals surface area contributed by atoms with Crippen LogP contribution in [0.4, 0.5) is 4.79 Å². The molecule has 180 valence electrons. The lowest BCUT2D eigenvalue weighted by atomic mass is 9.78. The molecule has 3 fully saturated rings. The molecule has 4 aliphatic rings. The largest absolute Gasteiger partial charge is 0.448 e. The normalized spacial score (nSPS) is 28.6. The van der Waals surface area contributed by atoms with Crippen molar-refractivity contribution in [3.8, 4) is 11.1 Å². The summed E-state index contributed by atoms with van der Waals surface area (Å²) in [5.41, 5.74) is 4.38. The van der Waals surface area contributed by atoms with Crippen LogP contribution in [0.3, 0.4) is 0 Å². The number of hydrogen-bond donors (Lipinski definition) is 1. The van der Waals surface area contributed by atoms with E-state index in [0.29, 0.717) is 19.4 Å². The number of carbonyl (C=O) groups excluding carboxylic acids is 1. The van der Waals surface area contributed by atoms with Gasteiger partial charge >= 0.3 is 6.09 Å². The smallest absolute Gasteiger partial charge is 0.410 e. The average molecular weight is 460 g/mol. The minimum absolute atomic E-state index is 0.0891. The zero-order valence-corrected chi connectivity index (χ0v) is 20.1. The first kappa shape index (κ1) is 22.2. The number of piperidine rings is 1. The van der Waals surface area contributed by atoms with Crippen LogP contribution in [0.5, 0.6) is 0 Å². The van der Waals surface area contributed by atoms with Crippen LogP contribution >= 0.6 is 0 Å². The maximum atomic E-state index is 13.3. The van der Waals surface area contributed by atoms with Crippen LogP contribution in [0.25, 0.3) is 11.1 Å². The highest BCUT2D eigenvalue weighted by Crippen LogP contribution is 2.46. The first-order valence-electron chi connectivity index (χ1n) is 13.5. The van der Waals surface area contributed by atoms with Crippen molar-refractivity contribution in [2.24, 2.45) is 5.92 Å². The summed E-state index contributed by atoms with van der Waals surface area (Å²) in [6, 6.07) is 17.2. The summed E-state index contributed by atoms with van der Waals surface area (Å²) in [6.07, 6.45) is 12.0. The Hall–Kier alpha value is -2.33. The van der Waals surface area contributed by atoms with Gasteiger partial charge in [0.1, 0.15) is 6.61 Å². The van der Waals surface area contributed by atoms with Gasteiger partial charge in [0, 0.05) is 18.0 Å². The van der Waals surface area contributed by atoms with Crippen LogP contribution in [0.2, 0.25) is 0 Å². The molecular formula is C30H37NO3. The monoisotopic (exact) mass is 459 g/mol. The predicted molar refractivity (Wildman–Crippen MR) is 134 cm³/mol. The summed E-state index contributed by atoms with van der Waals surface area (Å²) in [4.78, 5) is 15.3. The number of nitrogens with zero attached hydrogens (tertiary/aromatic N) is 1. The second-order valence-electron chi connectivity index (χ2n) is 11.3. The molecule has 2 aromatic carbocycles. The van der Waals surface area contributed by atoms with Gasteiger partial charge < -0.3 is 14.7 Å². The molecule has 1 saturated carbocycles. The fraction of sp³-hybridized carbons (Fsp3) is 0.567. The quantitative estimate of drug-likeness (QED) is 0.544. The van der Waals surface area contributed by atoms with Crippen molar-refractivity contribution in [1.82, 2.24) is 4.90 Å². The third kappa shape index (κ3) is 4.04. The van der Waals surface area contributed by atoms with Crippen LogP contribution in [0, 0.1) is 5.92 Å². The topological polar surface area (TPSA) is 49.8 Å². The van der Waals surface area contributed by atoms with Crippen LogP contribution in [-0.2, 0) is 4.74 Å². The van der Waals surface area contributed by atoms with E-state index in [1.807, 2.05) is 4.90 Å². The minimum atomic E-state index is -0.608. The summed E-state index contributed by atoms with van der Waals surface area (Å²) < 4.78 is 5.99. The number of fused-ring (bicyclic) bond motifs is 5. The molecule has 2 unspecified atom stereocenters. The van der Waals surface area contributed by atoms with Crippen LogP contribution in [0.1, 0.15) is 87.7 Å². The van der Waals surface area contributed by atoms with E-state index >= 15 is 0 Å². The Morgan fingerprint density at radius 2 is 1.47 bits per heavy atom. The summed E-state index contributed by atoms with van der Waals surface area (Å²) in [5.74, 6) is 0.877. The Balaban J connectivity index is 1.10. The Morgan fingerprint density at radius 1 is 0.882 bits per heavy atom. The molecule has 0 spiro atoms. The summed E-state index contributed by atoms with van der Waals surface area (Å²) in [5, 5.41) is 11.4. The second kappa shape index (κ2) is 9.03. The zero-order valence-electron chi connectivity index (χ0n) is 20.1. The van der Waals surface area contributed by atoms with Gasteiger partial charge in [-0.1, -0.05) is 80.6 Å². The highest BCUT2D eigenvalue weighted by Gasteiger charge is 2.50. The zero-order chi connectivity index (χ0) is 23.1. The van der Waals surface area contributed by atoms with E-state index in [0.717, 1.165) is 31.6 Å². The maximum Gasteiger partial charge on any atom is 0.410 e. The fourth-order valence-electron chi connectivity index (χ4n) is 7.44. The molecule has 2 aromatic rings.